The molecule has 0 saturated carbocycles. The number of alkyl halides is 4. The SMILES string of the molecule is COCCn1c(C(C)Cl)nc2cc(C(F)(F)F)ccc21. The number of benzene rings is 1. The van der Waals surface area contributed by atoms with Gasteiger partial charge in [0.1, 0.15) is 5.82 Å². The fraction of sp³-hybridized carbons (Fsp3) is 0.462. The van der Waals surface area contributed by atoms with Gasteiger partial charge < -0.3 is 9.30 Å². The summed E-state index contributed by atoms with van der Waals surface area (Å²) in [7, 11) is 1.56. The zero-order chi connectivity index (χ0) is 14.9. The second kappa shape index (κ2) is 5.61. The van der Waals surface area contributed by atoms with E-state index in [0.29, 0.717) is 30.0 Å². The van der Waals surface area contributed by atoms with Crippen molar-refractivity contribution in [3.8, 4) is 0 Å². The van der Waals surface area contributed by atoms with Gasteiger partial charge in [-0.05, 0) is 25.1 Å². The normalized spacial score (nSPS) is 13.9. The average molecular weight is 307 g/mol. The van der Waals surface area contributed by atoms with E-state index in [1.54, 1.807) is 18.6 Å². The number of rotatable bonds is 4. The summed E-state index contributed by atoms with van der Waals surface area (Å²) < 4.78 is 44.9. The number of hydrogen-bond acceptors (Lipinski definition) is 2. The number of imidazole rings is 1. The van der Waals surface area contributed by atoms with E-state index in [-0.39, 0.29) is 0 Å². The van der Waals surface area contributed by atoms with Crippen LogP contribution in [0.4, 0.5) is 13.2 Å². The summed E-state index contributed by atoms with van der Waals surface area (Å²) in [6, 6.07) is 3.51. The average Bonchev–Trinajstić information content (AvgIpc) is 2.73. The summed E-state index contributed by atoms with van der Waals surface area (Å²) in [5, 5.41) is -0.395. The number of ether oxygens (including phenoxy) is 1. The summed E-state index contributed by atoms with van der Waals surface area (Å²) in [5.74, 6) is 0.540. The number of methoxy groups -OCH3 is 1. The van der Waals surface area contributed by atoms with E-state index in [9.17, 15) is 13.2 Å². The Kier molecular flexibility index (Phi) is 4.25. The van der Waals surface area contributed by atoms with Crippen LogP contribution in [0.25, 0.3) is 11.0 Å². The maximum atomic E-state index is 12.7. The highest BCUT2D eigenvalue weighted by Gasteiger charge is 2.31. The standard InChI is InChI=1S/C13H14ClF3N2O/c1-8(14)12-18-10-7-9(13(15,16)17)3-4-11(10)19(12)5-6-20-2/h3-4,7-8H,5-6H2,1-2H3. The third-order valence-corrected chi connectivity index (χ3v) is 3.18. The number of nitrogens with zero attached hydrogens (tertiary/aromatic N) is 2. The van der Waals surface area contributed by atoms with Gasteiger partial charge in [0.15, 0.2) is 0 Å². The molecular formula is C13H14ClF3N2O. The minimum atomic E-state index is -4.38. The van der Waals surface area contributed by atoms with Gasteiger partial charge in [0.2, 0.25) is 0 Å². The van der Waals surface area contributed by atoms with Crippen molar-refractivity contribution < 1.29 is 17.9 Å². The lowest BCUT2D eigenvalue weighted by molar-refractivity contribution is -0.137. The lowest BCUT2D eigenvalue weighted by Crippen LogP contribution is -2.09. The van der Waals surface area contributed by atoms with Crippen LogP contribution in [-0.2, 0) is 17.5 Å². The summed E-state index contributed by atoms with van der Waals surface area (Å²) >= 11 is 6.04. The van der Waals surface area contributed by atoms with Gasteiger partial charge in [-0.25, -0.2) is 4.98 Å². The molecule has 2 aromatic rings. The molecule has 20 heavy (non-hydrogen) atoms. The Morgan fingerprint density at radius 2 is 2.10 bits per heavy atom. The first-order chi connectivity index (χ1) is 9.34. The molecule has 0 aliphatic carbocycles. The maximum absolute atomic E-state index is 12.7. The molecule has 1 aromatic carbocycles. The van der Waals surface area contributed by atoms with Crippen molar-refractivity contribution in [1.82, 2.24) is 9.55 Å². The van der Waals surface area contributed by atoms with Crippen LogP contribution in [0.3, 0.4) is 0 Å². The molecule has 0 radical (unpaired) electrons. The summed E-state index contributed by atoms with van der Waals surface area (Å²) in [6.07, 6.45) is -4.38. The number of fused-ring (bicyclic) bond motifs is 1. The molecule has 0 spiro atoms. The van der Waals surface area contributed by atoms with E-state index in [1.165, 1.54) is 6.07 Å². The molecule has 0 fully saturated rings. The smallest absolute Gasteiger partial charge is 0.383 e. The first-order valence-electron chi connectivity index (χ1n) is 6.05. The lowest BCUT2D eigenvalue weighted by atomic mass is 10.2. The number of hydrogen-bond donors (Lipinski definition) is 0. The van der Waals surface area contributed by atoms with E-state index in [2.05, 4.69) is 4.98 Å². The van der Waals surface area contributed by atoms with Gasteiger partial charge in [0.05, 0.1) is 28.6 Å². The van der Waals surface area contributed by atoms with Crippen molar-refractivity contribution in [3.63, 3.8) is 0 Å². The minimum Gasteiger partial charge on any atom is -0.383 e. The Morgan fingerprint density at radius 3 is 2.65 bits per heavy atom. The van der Waals surface area contributed by atoms with Crippen LogP contribution in [0.1, 0.15) is 23.7 Å². The van der Waals surface area contributed by atoms with Crippen LogP contribution < -0.4 is 0 Å². The zero-order valence-electron chi connectivity index (χ0n) is 11.0. The second-order valence-electron chi connectivity index (χ2n) is 4.43. The van der Waals surface area contributed by atoms with Gasteiger partial charge >= 0.3 is 6.18 Å². The van der Waals surface area contributed by atoms with Crippen LogP contribution in [-0.4, -0.2) is 23.3 Å². The number of halogens is 4. The highest BCUT2D eigenvalue weighted by atomic mass is 35.5. The molecular weight excluding hydrogens is 293 g/mol. The van der Waals surface area contributed by atoms with E-state index >= 15 is 0 Å². The first kappa shape index (κ1) is 15.1. The minimum absolute atomic E-state index is 0.290. The lowest BCUT2D eigenvalue weighted by Gasteiger charge is -2.10. The molecule has 2 rings (SSSR count). The van der Waals surface area contributed by atoms with Gasteiger partial charge in [-0.2, -0.15) is 13.2 Å². The van der Waals surface area contributed by atoms with Crippen molar-refractivity contribution in [2.24, 2.45) is 0 Å². The van der Waals surface area contributed by atoms with Crippen molar-refractivity contribution in [1.29, 1.82) is 0 Å². The molecule has 0 saturated heterocycles. The van der Waals surface area contributed by atoms with Crippen LogP contribution in [0, 0.1) is 0 Å². The maximum Gasteiger partial charge on any atom is 0.416 e. The van der Waals surface area contributed by atoms with Gasteiger partial charge in [0.25, 0.3) is 0 Å². The third kappa shape index (κ3) is 2.91. The predicted molar refractivity (Wildman–Crippen MR) is 70.9 cm³/mol. The predicted octanol–water partition coefficient (Wildman–Crippen LogP) is 4.00. The molecule has 1 atom stereocenters. The molecule has 1 heterocycles. The van der Waals surface area contributed by atoms with E-state index < -0.39 is 17.1 Å². The van der Waals surface area contributed by atoms with E-state index in [1.807, 2.05) is 0 Å². The Hall–Kier alpha value is -1.27. The van der Waals surface area contributed by atoms with Crippen LogP contribution in [0.5, 0.6) is 0 Å². The van der Waals surface area contributed by atoms with E-state index in [0.717, 1.165) is 12.1 Å². The monoisotopic (exact) mass is 306 g/mol. The molecule has 1 aromatic heterocycles. The molecule has 0 aliphatic heterocycles. The highest BCUT2D eigenvalue weighted by molar-refractivity contribution is 6.20. The summed E-state index contributed by atoms with van der Waals surface area (Å²) in [4.78, 5) is 4.21. The van der Waals surface area contributed by atoms with Crippen LogP contribution >= 0.6 is 11.6 Å². The summed E-state index contributed by atoms with van der Waals surface area (Å²) in [5.41, 5.74) is 0.200. The first-order valence-corrected chi connectivity index (χ1v) is 6.48. The molecule has 0 aliphatic rings. The Bertz CT molecular complexity index is 607. The molecule has 1 unspecified atom stereocenters. The molecule has 0 N–H and O–H groups in total. The quantitative estimate of drug-likeness (QED) is 0.798. The van der Waals surface area contributed by atoms with Gasteiger partial charge in [-0.3, -0.25) is 0 Å². The Morgan fingerprint density at radius 1 is 1.40 bits per heavy atom. The van der Waals surface area contributed by atoms with Crippen LogP contribution in [0.2, 0.25) is 0 Å². The zero-order valence-corrected chi connectivity index (χ0v) is 11.8. The molecule has 110 valence electrons. The number of aromatic nitrogens is 2. The molecule has 0 amide bonds. The second-order valence-corrected chi connectivity index (χ2v) is 5.09. The van der Waals surface area contributed by atoms with E-state index in [4.69, 9.17) is 16.3 Å². The Balaban J connectivity index is 2.55. The van der Waals surface area contributed by atoms with Crippen molar-refractivity contribution in [2.45, 2.75) is 25.0 Å². The fourth-order valence-corrected chi connectivity index (χ4v) is 2.21. The van der Waals surface area contributed by atoms with Crippen LogP contribution in [0.15, 0.2) is 18.2 Å². The third-order valence-electron chi connectivity index (χ3n) is 2.98. The van der Waals surface area contributed by atoms with Gasteiger partial charge in [-0.15, -0.1) is 11.6 Å². The summed E-state index contributed by atoms with van der Waals surface area (Å²) in [6.45, 7) is 2.66. The van der Waals surface area contributed by atoms with Gasteiger partial charge in [0, 0.05) is 13.7 Å². The fourth-order valence-electron chi connectivity index (χ4n) is 2.05. The van der Waals surface area contributed by atoms with Crippen molar-refractivity contribution in [3.05, 3.63) is 29.6 Å². The van der Waals surface area contributed by atoms with Gasteiger partial charge in [-0.1, -0.05) is 0 Å². The molecule has 3 nitrogen and oxygen atoms in total. The Labute approximate surface area is 119 Å². The topological polar surface area (TPSA) is 27.1 Å². The van der Waals surface area contributed by atoms with Crippen molar-refractivity contribution >= 4 is 22.6 Å². The molecule has 7 heteroatoms. The largest absolute Gasteiger partial charge is 0.416 e. The molecule has 0 bridgehead atoms. The highest BCUT2D eigenvalue weighted by Crippen LogP contribution is 2.32. The van der Waals surface area contributed by atoms with Crippen molar-refractivity contribution in [2.75, 3.05) is 13.7 Å².